The van der Waals surface area contributed by atoms with Crippen molar-refractivity contribution in [2.45, 2.75) is 44.4 Å². The molecule has 0 radical (unpaired) electrons. The van der Waals surface area contributed by atoms with Gasteiger partial charge in [0.1, 0.15) is 11.3 Å². The molecule has 8 heteroatoms. The molecule has 4 rings (SSSR count). The minimum Gasteiger partial charge on any atom is -0.480 e. The van der Waals surface area contributed by atoms with Gasteiger partial charge in [0, 0.05) is 11.9 Å². The minimum absolute atomic E-state index is 0.240. The van der Waals surface area contributed by atoms with Gasteiger partial charge in [-0.3, -0.25) is 24.6 Å². The molecule has 2 fully saturated rings. The van der Waals surface area contributed by atoms with Gasteiger partial charge in [0.05, 0.1) is 24.0 Å². The first kappa shape index (κ1) is 19.6. The molecule has 5 unspecified atom stereocenters. The molecule has 2 amide bonds. The fraction of sp³-hybridized carbons (Fsp3) is 0.476. The second-order valence-electron chi connectivity index (χ2n) is 7.84. The molecule has 0 aliphatic carbocycles. The monoisotopic (exact) mass is 400 g/mol. The van der Waals surface area contributed by atoms with E-state index >= 15 is 0 Å². The molecular weight excluding hydrogens is 376 g/mol. The highest BCUT2D eigenvalue weighted by molar-refractivity contribution is 6.09. The predicted octanol–water partition coefficient (Wildman–Crippen LogP) is 1.68. The standard InChI is InChI=1S/C21H24N2O6/c1-3-4-9-23-18(25)15-16(19(23)26)21(11(2)24,20(27)28)22-17(15)14-10-12-7-5-6-8-13(12)29-14/h5-8,10-11,15-17,22,24H,3-4,9H2,1-2H3,(H,27,28). The lowest BCUT2D eigenvalue weighted by molar-refractivity contribution is -0.156. The Morgan fingerprint density at radius 1 is 1.31 bits per heavy atom. The number of aliphatic hydroxyl groups is 1. The number of aliphatic hydroxyl groups excluding tert-OH is 1. The second kappa shape index (κ2) is 6.96. The summed E-state index contributed by atoms with van der Waals surface area (Å²) in [5.41, 5.74) is -1.37. The molecule has 0 spiro atoms. The zero-order chi connectivity index (χ0) is 20.9. The number of unbranched alkanes of at least 4 members (excludes halogenated alkanes) is 1. The van der Waals surface area contributed by atoms with Crippen molar-refractivity contribution >= 4 is 28.8 Å². The van der Waals surface area contributed by atoms with Crippen LogP contribution < -0.4 is 5.32 Å². The zero-order valence-corrected chi connectivity index (χ0v) is 16.3. The number of benzene rings is 1. The topological polar surface area (TPSA) is 120 Å². The number of furan rings is 1. The first-order valence-electron chi connectivity index (χ1n) is 9.85. The van der Waals surface area contributed by atoms with Gasteiger partial charge in [0.25, 0.3) is 0 Å². The lowest BCUT2D eigenvalue weighted by Crippen LogP contribution is -2.62. The minimum atomic E-state index is -1.97. The number of para-hydroxylation sites is 1. The molecule has 29 heavy (non-hydrogen) atoms. The molecule has 2 saturated heterocycles. The average molecular weight is 400 g/mol. The van der Waals surface area contributed by atoms with Crippen molar-refractivity contribution in [2.24, 2.45) is 11.8 Å². The Bertz CT molecular complexity index is 949. The van der Waals surface area contributed by atoms with Crippen LogP contribution in [-0.4, -0.2) is 51.1 Å². The van der Waals surface area contributed by atoms with Crippen molar-refractivity contribution in [2.75, 3.05) is 6.54 Å². The van der Waals surface area contributed by atoms with Crippen LogP contribution in [-0.2, 0) is 14.4 Å². The third-order valence-corrected chi connectivity index (χ3v) is 6.19. The molecule has 2 aliphatic heterocycles. The van der Waals surface area contributed by atoms with Crippen molar-refractivity contribution in [1.82, 2.24) is 10.2 Å². The number of carboxylic acid groups (broad SMARTS) is 1. The third-order valence-electron chi connectivity index (χ3n) is 6.19. The van der Waals surface area contributed by atoms with Crippen molar-refractivity contribution in [1.29, 1.82) is 0 Å². The average Bonchev–Trinajstić information content (AvgIpc) is 3.33. The lowest BCUT2D eigenvalue weighted by atomic mass is 9.77. The van der Waals surface area contributed by atoms with E-state index in [0.717, 1.165) is 16.7 Å². The normalized spacial score (nSPS) is 30.2. The van der Waals surface area contributed by atoms with Crippen LogP contribution in [0.1, 0.15) is 38.5 Å². The quantitative estimate of drug-likeness (QED) is 0.631. The number of nitrogens with zero attached hydrogens (tertiary/aromatic N) is 1. The fourth-order valence-corrected chi connectivity index (χ4v) is 4.70. The molecule has 2 aliphatic rings. The van der Waals surface area contributed by atoms with Gasteiger partial charge >= 0.3 is 5.97 Å². The lowest BCUT2D eigenvalue weighted by Gasteiger charge is -2.33. The molecule has 0 bridgehead atoms. The van der Waals surface area contributed by atoms with Crippen LogP contribution in [0.5, 0.6) is 0 Å². The van der Waals surface area contributed by atoms with E-state index in [1.165, 1.54) is 6.92 Å². The van der Waals surface area contributed by atoms with Gasteiger partial charge in [-0.1, -0.05) is 31.5 Å². The molecule has 2 aromatic rings. The highest BCUT2D eigenvalue weighted by Gasteiger charge is 2.70. The Hall–Kier alpha value is -2.71. The van der Waals surface area contributed by atoms with Crippen molar-refractivity contribution in [3.8, 4) is 0 Å². The highest BCUT2D eigenvalue weighted by Crippen LogP contribution is 2.50. The fourth-order valence-electron chi connectivity index (χ4n) is 4.70. The van der Waals surface area contributed by atoms with E-state index in [0.29, 0.717) is 17.8 Å². The van der Waals surface area contributed by atoms with Crippen molar-refractivity contribution in [3.05, 3.63) is 36.1 Å². The van der Waals surface area contributed by atoms with E-state index in [4.69, 9.17) is 4.42 Å². The largest absolute Gasteiger partial charge is 0.480 e. The van der Waals surface area contributed by atoms with Gasteiger partial charge in [-0.15, -0.1) is 0 Å². The van der Waals surface area contributed by atoms with Crippen LogP contribution >= 0.6 is 0 Å². The van der Waals surface area contributed by atoms with Gasteiger partial charge in [-0.05, 0) is 25.5 Å². The number of carboxylic acids is 1. The number of carbonyl (C=O) groups is 3. The Morgan fingerprint density at radius 2 is 2.03 bits per heavy atom. The van der Waals surface area contributed by atoms with E-state index in [-0.39, 0.29) is 6.54 Å². The summed E-state index contributed by atoms with van der Waals surface area (Å²) in [6.45, 7) is 3.51. The molecular formula is C21H24N2O6. The number of likely N-dealkylation sites (tertiary alicyclic amines) is 1. The zero-order valence-electron chi connectivity index (χ0n) is 16.3. The maximum absolute atomic E-state index is 13.2. The van der Waals surface area contributed by atoms with E-state index in [1.807, 2.05) is 25.1 Å². The maximum atomic E-state index is 13.2. The van der Waals surface area contributed by atoms with Gasteiger partial charge in [-0.25, -0.2) is 0 Å². The van der Waals surface area contributed by atoms with Gasteiger partial charge in [0.15, 0.2) is 5.54 Å². The van der Waals surface area contributed by atoms with Crippen LogP contribution in [0.2, 0.25) is 0 Å². The van der Waals surface area contributed by atoms with E-state index in [2.05, 4.69) is 5.32 Å². The second-order valence-corrected chi connectivity index (χ2v) is 7.84. The summed E-state index contributed by atoms with van der Waals surface area (Å²) in [6.07, 6.45) is 0.0248. The van der Waals surface area contributed by atoms with E-state index in [9.17, 15) is 24.6 Å². The third kappa shape index (κ3) is 2.70. The number of aliphatic carboxylic acids is 1. The summed E-state index contributed by atoms with van der Waals surface area (Å²) in [4.78, 5) is 39.8. The Balaban J connectivity index is 1.84. The van der Waals surface area contributed by atoms with Crippen molar-refractivity contribution in [3.63, 3.8) is 0 Å². The van der Waals surface area contributed by atoms with Gasteiger partial charge < -0.3 is 14.6 Å². The number of nitrogens with one attached hydrogen (secondary N) is 1. The molecule has 1 aromatic heterocycles. The molecule has 5 atom stereocenters. The summed E-state index contributed by atoms with van der Waals surface area (Å²) in [5, 5.41) is 24.2. The van der Waals surface area contributed by atoms with Crippen LogP contribution in [0.4, 0.5) is 0 Å². The first-order valence-corrected chi connectivity index (χ1v) is 9.85. The number of rotatable bonds is 6. The Kier molecular flexibility index (Phi) is 4.71. The van der Waals surface area contributed by atoms with E-state index in [1.54, 1.807) is 12.1 Å². The summed E-state index contributed by atoms with van der Waals surface area (Å²) in [6, 6.07) is 8.20. The summed E-state index contributed by atoms with van der Waals surface area (Å²) < 4.78 is 5.89. The maximum Gasteiger partial charge on any atom is 0.327 e. The first-order chi connectivity index (χ1) is 13.8. The number of carbonyl (C=O) groups excluding carboxylic acids is 2. The Morgan fingerprint density at radius 3 is 2.66 bits per heavy atom. The molecule has 0 saturated carbocycles. The summed E-state index contributed by atoms with van der Waals surface area (Å²) in [5.74, 6) is -4.12. The molecule has 3 N–H and O–H groups in total. The number of imide groups is 1. The molecule has 154 valence electrons. The summed E-state index contributed by atoms with van der Waals surface area (Å²) in [7, 11) is 0. The predicted molar refractivity (Wildman–Crippen MR) is 103 cm³/mol. The van der Waals surface area contributed by atoms with Gasteiger partial charge in [0.2, 0.25) is 11.8 Å². The van der Waals surface area contributed by atoms with E-state index < -0.39 is 47.3 Å². The van der Waals surface area contributed by atoms with Crippen molar-refractivity contribution < 1.29 is 29.0 Å². The smallest absolute Gasteiger partial charge is 0.327 e. The van der Waals surface area contributed by atoms with Gasteiger partial charge in [-0.2, -0.15) is 0 Å². The number of hydrogen-bond acceptors (Lipinski definition) is 6. The van der Waals surface area contributed by atoms with Crippen LogP contribution in [0.25, 0.3) is 11.0 Å². The molecule has 3 heterocycles. The Labute approximate surface area is 167 Å². The SMILES string of the molecule is CCCCN1C(=O)C2C(c3cc4ccccc4o3)NC(C(=O)O)(C(C)O)C2C1=O. The van der Waals surface area contributed by atoms with Crippen LogP contribution in [0.15, 0.2) is 34.7 Å². The summed E-state index contributed by atoms with van der Waals surface area (Å²) >= 11 is 0. The van der Waals surface area contributed by atoms with Crippen LogP contribution in [0, 0.1) is 11.8 Å². The number of fused-ring (bicyclic) bond motifs is 2. The molecule has 1 aromatic carbocycles. The molecule has 8 nitrogen and oxygen atoms in total. The number of hydrogen-bond donors (Lipinski definition) is 3. The number of amides is 2. The highest BCUT2D eigenvalue weighted by atomic mass is 16.4. The van der Waals surface area contributed by atoms with Crippen LogP contribution in [0.3, 0.4) is 0 Å².